The lowest BCUT2D eigenvalue weighted by Crippen LogP contribution is -2.13. The summed E-state index contributed by atoms with van der Waals surface area (Å²) in [4.78, 5) is 24.3. The van der Waals surface area contributed by atoms with Crippen molar-refractivity contribution in [2.24, 2.45) is 0 Å². The van der Waals surface area contributed by atoms with Crippen LogP contribution in [0.1, 0.15) is 23.2 Å². The van der Waals surface area contributed by atoms with E-state index in [1.165, 1.54) is 6.07 Å². The van der Waals surface area contributed by atoms with Gasteiger partial charge in [0.05, 0.1) is 15.5 Å². The van der Waals surface area contributed by atoms with Gasteiger partial charge in [0.25, 0.3) is 11.6 Å². The first-order valence-electron chi connectivity index (χ1n) is 8.06. The number of benzene rings is 1. The Morgan fingerprint density at radius 2 is 2.15 bits per heavy atom. The number of amides is 1. The molecule has 1 aromatic carbocycles. The number of hydrogen-bond donors (Lipinski definition) is 3. The monoisotopic (exact) mass is 369 g/mol. The van der Waals surface area contributed by atoms with Gasteiger partial charge in [-0.15, -0.1) is 11.3 Å². The Morgan fingerprint density at radius 3 is 2.85 bits per heavy atom. The highest BCUT2D eigenvalue weighted by atomic mass is 32.1. The zero-order valence-electron chi connectivity index (χ0n) is 13.6. The topological polar surface area (TPSA) is 113 Å². The Hall–Kier alpha value is -3.20. The van der Waals surface area contributed by atoms with Crippen LogP contribution in [0, 0.1) is 10.1 Å². The predicted octanol–water partition coefficient (Wildman–Crippen LogP) is 3.87. The maximum atomic E-state index is 12.4. The number of nitro groups is 1. The van der Waals surface area contributed by atoms with Crippen LogP contribution in [0.15, 0.2) is 41.8 Å². The Balaban J connectivity index is 1.52. The van der Waals surface area contributed by atoms with E-state index >= 15 is 0 Å². The van der Waals surface area contributed by atoms with Crippen molar-refractivity contribution < 1.29 is 9.72 Å². The van der Waals surface area contributed by atoms with Crippen LogP contribution in [0.25, 0.3) is 10.6 Å². The maximum Gasteiger partial charge on any atom is 0.293 e. The Labute approximate surface area is 152 Å². The molecule has 132 valence electrons. The number of hydrogen-bond acceptors (Lipinski definition) is 6. The quantitative estimate of drug-likeness (QED) is 0.451. The predicted molar refractivity (Wildman–Crippen MR) is 99.6 cm³/mol. The third-order valence-electron chi connectivity index (χ3n) is 4.00. The number of nitrogens with zero attached hydrogens (tertiary/aromatic N) is 2. The lowest BCUT2D eigenvalue weighted by atomic mass is 10.1. The fraction of sp³-hybridized carbons (Fsp3) is 0.176. The highest BCUT2D eigenvalue weighted by Gasteiger charge is 2.25. The van der Waals surface area contributed by atoms with Crippen LogP contribution in [0.2, 0.25) is 0 Å². The Kier molecular flexibility index (Phi) is 4.13. The van der Waals surface area contributed by atoms with E-state index in [2.05, 4.69) is 20.8 Å². The molecule has 2 heterocycles. The molecule has 4 rings (SSSR count). The van der Waals surface area contributed by atoms with Gasteiger partial charge in [-0.05, 0) is 36.4 Å². The van der Waals surface area contributed by atoms with Crippen molar-refractivity contribution in [1.82, 2.24) is 10.2 Å². The summed E-state index contributed by atoms with van der Waals surface area (Å²) in [6.45, 7) is 0. The van der Waals surface area contributed by atoms with E-state index in [0.29, 0.717) is 11.5 Å². The van der Waals surface area contributed by atoms with Gasteiger partial charge in [-0.25, -0.2) is 0 Å². The third-order valence-corrected chi connectivity index (χ3v) is 4.90. The van der Waals surface area contributed by atoms with E-state index in [1.807, 2.05) is 17.5 Å². The second-order valence-corrected chi connectivity index (χ2v) is 6.95. The van der Waals surface area contributed by atoms with Gasteiger partial charge in [0.15, 0.2) is 5.82 Å². The van der Waals surface area contributed by atoms with Crippen LogP contribution in [0.3, 0.4) is 0 Å². The molecule has 0 unspecified atom stereocenters. The Bertz CT molecular complexity index is 963. The number of carbonyl (C=O) groups is 1. The van der Waals surface area contributed by atoms with E-state index < -0.39 is 10.8 Å². The average Bonchev–Trinajstić information content (AvgIpc) is 3.10. The van der Waals surface area contributed by atoms with Gasteiger partial charge in [0.2, 0.25) is 0 Å². The Morgan fingerprint density at radius 1 is 1.31 bits per heavy atom. The highest BCUT2D eigenvalue weighted by molar-refractivity contribution is 7.13. The first kappa shape index (κ1) is 16.3. The minimum Gasteiger partial charge on any atom is -0.377 e. The van der Waals surface area contributed by atoms with E-state index in [0.717, 1.165) is 23.4 Å². The summed E-state index contributed by atoms with van der Waals surface area (Å²) < 4.78 is 0. The number of H-pyrrole nitrogens is 1. The number of thiophene rings is 1. The van der Waals surface area contributed by atoms with Crippen LogP contribution in [0.4, 0.5) is 17.2 Å². The standard InChI is InChI=1S/C17H15N5O3S/c23-17(19-16-9-13(20-21-16)15-2-1-7-26-15)10-3-6-12(18-11-4-5-11)14(8-10)22(24)25/h1-3,6-9,11,18H,4-5H2,(H2,19,20,21,23). The molecule has 9 heteroatoms. The van der Waals surface area contributed by atoms with Crippen LogP contribution in [-0.2, 0) is 0 Å². The lowest BCUT2D eigenvalue weighted by molar-refractivity contribution is -0.384. The molecule has 0 saturated heterocycles. The molecule has 1 aliphatic rings. The smallest absolute Gasteiger partial charge is 0.293 e. The lowest BCUT2D eigenvalue weighted by Gasteiger charge is -2.07. The van der Waals surface area contributed by atoms with E-state index in [1.54, 1.807) is 29.5 Å². The molecule has 26 heavy (non-hydrogen) atoms. The zero-order chi connectivity index (χ0) is 18.1. The first-order chi connectivity index (χ1) is 12.6. The summed E-state index contributed by atoms with van der Waals surface area (Å²) in [6, 6.07) is 10.3. The molecule has 0 radical (unpaired) electrons. The molecule has 0 spiro atoms. The molecule has 1 aliphatic carbocycles. The summed E-state index contributed by atoms with van der Waals surface area (Å²) in [5, 5.41) is 26.0. The second-order valence-electron chi connectivity index (χ2n) is 6.01. The number of aromatic nitrogens is 2. The molecule has 3 aromatic rings. The minimum atomic E-state index is -0.481. The first-order valence-corrected chi connectivity index (χ1v) is 8.94. The fourth-order valence-electron chi connectivity index (χ4n) is 2.53. The van der Waals surface area contributed by atoms with Crippen molar-refractivity contribution in [2.75, 3.05) is 10.6 Å². The molecular formula is C17H15N5O3S. The van der Waals surface area contributed by atoms with Crippen molar-refractivity contribution >= 4 is 34.4 Å². The van der Waals surface area contributed by atoms with Gasteiger partial charge in [-0.2, -0.15) is 5.10 Å². The van der Waals surface area contributed by atoms with Gasteiger partial charge in [-0.3, -0.25) is 20.0 Å². The summed E-state index contributed by atoms with van der Waals surface area (Å²) in [6.07, 6.45) is 2.01. The van der Waals surface area contributed by atoms with E-state index in [4.69, 9.17) is 0 Å². The highest BCUT2D eigenvalue weighted by Crippen LogP contribution is 2.32. The van der Waals surface area contributed by atoms with Crippen LogP contribution in [-0.4, -0.2) is 27.1 Å². The number of aromatic amines is 1. The molecule has 0 atom stereocenters. The fourth-order valence-corrected chi connectivity index (χ4v) is 3.22. The van der Waals surface area contributed by atoms with Gasteiger partial charge < -0.3 is 10.6 Å². The van der Waals surface area contributed by atoms with Gasteiger partial charge in [0.1, 0.15) is 5.69 Å². The summed E-state index contributed by atoms with van der Waals surface area (Å²) in [5.41, 5.74) is 1.34. The molecule has 1 saturated carbocycles. The second kappa shape index (κ2) is 6.60. The molecular weight excluding hydrogens is 354 g/mol. The van der Waals surface area contributed by atoms with E-state index in [-0.39, 0.29) is 17.3 Å². The molecule has 1 amide bonds. The molecule has 8 nitrogen and oxygen atoms in total. The molecule has 1 fully saturated rings. The summed E-state index contributed by atoms with van der Waals surface area (Å²) in [5.74, 6) is -0.0865. The van der Waals surface area contributed by atoms with E-state index in [9.17, 15) is 14.9 Å². The third kappa shape index (κ3) is 3.42. The largest absolute Gasteiger partial charge is 0.377 e. The summed E-state index contributed by atoms with van der Waals surface area (Å²) >= 11 is 1.56. The number of anilines is 2. The van der Waals surface area contributed by atoms with Gasteiger partial charge in [0, 0.05) is 23.7 Å². The van der Waals surface area contributed by atoms with Crippen molar-refractivity contribution in [2.45, 2.75) is 18.9 Å². The normalized spacial score (nSPS) is 13.4. The van der Waals surface area contributed by atoms with Crippen molar-refractivity contribution in [1.29, 1.82) is 0 Å². The maximum absolute atomic E-state index is 12.4. The number of rotatable bonds is 6. The summed E-state index contributed by atoms with van der Waals surface area (Å²) in [7, 11) is 0. The van der Waals surface area contributed by atoms with Crippen LogP contribution < -0.4 is 10.6 Å². The zero-order valence-corrected chi connectivity index (χ0v) is 14.4. The van der Waals surface area contributed by atoms with Crippen LogP contribution in [0.5, 0.6) is 0 Å². The average molecular weight is 369 g/mol. The van der Waals surface area contributed by atoms with Crippen molar-refractivity contribution in [3.05, 3.63) is 57.5 Å². The molecule has 0 aliphatic heterocycles. The van der Waals surface area contributed by atoms with Gasteiger partial charge >= 0.3 is 0 Å². The molecule has 0 bridgehead atoms. The van der Waals surface area contributed by atoms with Gasteiger partial charge in [-0.1, -0.05) is 6.07 Å². The number of carbonyl (C=O) groups excluding carboxylic acids is 1. The van der Waals surface area contributed by atoms with Crippen LogP contribution >= 0.6 is 11.3 Å². The molecule has 3 N–H and O–H groups in total. The van der Waals surface area contributed by atoms with Crippen molar-refractivity contribution in [3.63, 3.8) is 0 Å². The number of nitrogens with one attached hydrogen (secondary N) is 3. The number of nitro benzene ring substituents is 1. The SMILES string of the molecule is O=C(Nc1cc(-c2cccs2)[nH]n1)c1ccc(NC2CC2)c([N+](=O)[O-])c1. The minimum absolute atomic E-state index is 0.106. The van der Waals surface area contributed by atoms with Crippen molar-refractivity contribution in [3.8, 4) is 10.6 Å². The molecule has 2 aromatic heterocycles.